The van der Waals surface area contributed by atoms with Gasteiger partial charge in [0, 0.05) is 23.2 Å². The van der Waals surface area contributed by atoms with Crippen LogP contribution >= 0.6 is 11.3 Å². The number of nitrogens with zero attached hydrogens (tertiary/aromatic N) is 3. The Labute approximate surface area is 142 Å². The molecular formula is C17H15FN4OS. The molecule has 4 rings (SSSR count). The molecule has 1 N–H and O–H groups in total. The second-order valence-electron chi connectivity index (χ2n) is 5.74. The minimum absolute atomic E-state index is 0.00490. The molecule has 2 heterocycles. The van der Waals surface area contributed by atoms with Crippen molar-refractivity contribution in [2.45, 2.75) is 19.3 Å². The van der Waals surface area contributed by atoms with Gasteiger partial charge in [-0.2, -0.15) is 5.10 Å². The van der Waals surface area contributed by atoms with Gasteiger partial charge in [0.15, 0.2) is 5.13 Å². The molecule has 122 valence electrons. The number of nitrogens with one attached hydrogen (secondary N) is 1. The van der Waals surface area contributed by atoms with E-state index in [-0.39, 0.29) is 18.1 Å². The Hall–Kier alpha value is -2.54. The highest BCUT2D eigenvalue weighted by atomic mass is 32.1. The zero-order valence-electron chi connectivity index (χ0n) is 13.0. The number of halogens is 1. The monoisotopic (exact) mass is 342 g/mol. The summed E-state index contributed by atoms with van der Waals surface area (Å²) in [5.41, 5.74) is 3.48. The number of aryl methyl sites for hydroxylation is 2. The van der Waals surface area contributed by atoms with Crippen molar-refractivity contribution in [2.24, 2.45) is 7.05 Å². The predicted molar refractivity (Wildman–Crippen MR) is 90.5 cm³/mol. The molecule has 0 saturated carbocycles. The van der Waals surface area contributed by atoms with Gasteiger partial charge in [-0.1, -0.05) is 18.2 Å². The summed E-state index contributed by atoms with van der Waals surface area (Å²) in [5.74, 6) is -0.635. The first-order valence-corrected chi connectivity index (χ1v) is 8.47. The van der Waals surface area contributed by atoms with E-state index in [0.717, 1.165) is 34.7 Å². The summed E-state index contributed by atoms with van der Waals surface area (Å²) in [7, 11) is 1.92. The first-order valence-electron chi connectivity index (χ1n) is 7.66. The Balaban J connectivity index is 1.54. The SMILES string of the molecule is Cn1ncc2c1CCc1sc(NC(=O)Cc3ccccc3F)nc1-2. The minimum atomic E-state index is -0.369. The second-order valence-corrected chi connectivity index (χ2v) is 6.82. The van der Waals surface area contributed by atoms with Gasteiger partial charge >= 0.3 is 0 Å². The number of hydrogen-bond donors (Lipinski definition) is 1. The van der Waals surface area contributed by atoms with Crippen LogP contribution in [-0.4, -0.2) is 20.7 Å². The number of anilines is 1. The smallest absolute Gasteiger partial charge is 0.230 e. The molecule has 7 heteroatoms. The summed E-state index contributed by atoms with van der Waals surface area (Å²) in [6.07, 6.45) is 3.62. The largest absolute Gasteiger partial charge is 0.302 e. The summed E-state index contributed by atoms with van der Waals surface area (Å²) < 4.78 is 15.5. The Kier molecular flexibility index (Phi) is 3.65. The number of carbonyl (C=O) groups is 1. The zero-order chi connectivity index (χ0) is 16.7. The van der Waals surface area contributed by atoms with Crippen molar-refractivity contribution in [1.82, 2.24) is 14.8 Å². The van der Waals surface area contributed by atoms with Gasteiger partial charge < -0.3 is 5.32 Å². The van der Waals surface area contributed by atoms with Crippen LogP contribution in [0.1, 0.15) is 16.1 Å². The molecule has 5 nitrogen and oxygen atoms in total. The van der Waals surface area contributed by atoms with E-state index in [4.69, 9.17) is 0 Å². The molecule has 0 radical (unpaired) electrons. The molecule has 0 fully saturated rings. The molecule has 0 aliphatic heterocycles. The van der Waals surface area contributed by atoms with E-state index < -0.39 is 0 Å². The number of benzene rings is 1. The molecule has 1 aliphatic rings. The molecule has 0 saturated heterocycles. The maximum atomic E-state index is 13.6. The normalized spacial score (nSPS) is 12.6. The van der Waals surface area contributed by atoms with Gasteiger partial charge in [0.1, 0.15) is 5.82 Å². The number of rotatable bonds is 3. The Morgan fingerprint density at radius 1 is 1.38 bits per heavy atom. The fourth-order valence-corrected chi connectivity index (χ4v) is 3.94. The van der Waals surface area contributed by atoms with Gasteiger partial charge in [0.2, 0.25) is 5.91 Å². The molecule has 1 amide bonds. The number of thiazole rings is 1. The lowest BCUT2D eigenvalue weighted by atomic mass is 10.0. The zero-order valence-corrected chi connectivity index (χ0v) is 13.9. The molecule has 0 atom stereocenters. The van der Waals surface area contributed by atoms with Crippen LogP contribution in [0.5, 0.6) is 0 Å². The second kappa shape index (κ2) is 5.83. The molecular weight excluding hydrogens is 327 g/mol. The molecule has 0 bridgehead atoms. The van der Waals surface area contributed by atoms with E-state index in [9.17, 15) is 9.18 Å². The lowest BCUT2D eigenvalue weighted by Crippen LogP contribution is -2.15. The maximum absolute atomic E-state index is 13.6. The average Bonchev–Trinajstić information content (AvgIpc) is 3.12. The lowest BCUT2D eigenvalue weighted by molar-refractivity contribution is -0.115. The first-order chi connectivity index (χ1) is 11.6. The van der Waals surface area contributed by atoms with Gasteiger partial charge in [-0.15, -0.1) is 11.3 Å². The highest BCUT2D eigenvalue weighted by molar-refractivity contribution is 7.16. The molecule has 2 aromatic heterocycles. The fourth-order valence-electron chi connectivity index (χ4n) is 2.95. The first kappa shape index (κ1) is 15.0. The van der Waals surface area contributed by atoms with Crippen LogP contribution in [0.3, 0.4) is 0 Å². The van der Waals surface area contributed by atoms with Crippen LogP contribution in [0.25, 0.3) is 11.3 Å². The number of fused-ring (bicyclic) bond motifs is 3. The lowest BCUT2D eigenvalue weighted by Gasteiger charge is -2.10. The fraction of sp³-hybridized carbons (Fsp3) is 0.235. The van der Waals surface area contributed by atoms with Crippen molar-refractivity contribution in [2.75, 3.05) is 5.32 Å². The van der Waals surface area contributed by atoms with Crippen molar-refractivity contribution in [3.8, 4) is 11.3 Å². The van der Waals surface area contributed by atoms with Gasteiger partial charge in [-0.25, -0.2) is 9.37 Å². The highest BCUT2D eigenvalue weighted by Gasteiger charge is 2.24. The van der Waals surface area contributed by atoms with Crippen molar-refractivity contribution >= 4 is 22.4 Å². The van der Waals surface area contributed by atoms with E-state index in [1.165, 1.54) is 17.4 Å². The van der Waals surface area contributed by atoms with Gasteiger partial charge in [-0.3, -0.25) is 9.48 Å². The number of aromatic nitrogens is 3. The van der Waals surface area contributed by atoms with Crippen LogP contribution in [0.4, 0.5) is 9.52 Å². The van der Waals surface area contributed by atoms with Crippen LogP contribution < -0.4 is 5.32 Å². The Bertz CT molecular complexity index is 931. The van der Waals surface area contributed by atoms with Crippen LogP contribution in [0, 0.1) is 5.82 Å². The Morgan fingerprint density at radius 3 is 3.04 bits per heavy atom. The molecule has 0 unspecified atom stereocenters. The molecule has 1 aliphatic carbocycles. The third-order valence-corrected chi connectivity index (χ3v) is 5.19. The average molecular weight is 342 g/mol. The summed E-state index contributed by atoms with van der Waals surface area (Å²) in [6, 6.07) is 6.30. The van der Waals surface area contributed by atoms with Crippen molar-refractivity contribution in [1.29, 1.82) is 0 Å². The summed E-state index contributed by atoms with van der Waals surface area (Å²) >= 11 is 1.48. The van der Waals surface area contributed by atoms with Crippen LogP contribution in [0.2, 0.25) is 0 Å². The molecule has 24 heavy (non-hydrogen) atoms. The van der Waals surface area contributed by atoms with Gasteiger partial charge in [-0.05, 0) is 24.5 Å². The molecule has 1 aromatic carbocycles. The topological polar surface area (TPSA) is 59.8 Å². The van der Waals surface area contributed by atoms with Gasteiger partial charge in [0.25, 0.3) is 0 Å². The number of hydrogen-bond acceptors (Lipinski definition) is 4. The summed E-state index contributed by atoms with van der Waals surface area (Å²) in [4.78, 5) is 17.9. The third-order valence-electron chi connectivity index (χ3n) is 4.16. The minimum Gasteiger partial charge on any atom is -0.302 e. The quantitative estimate of drug-likeness (QED) is 0.796. The highest BCUT2D eigenvalue weighted by Crippen LogP contribution is 2.37. The number of carbonyl (C=O) groups excluding carboxylic acids is 1. The van der Waals surface area contributed by atoms with Crippen LogP contribution in [-0.2, 0) is 31.1 Å². The van der Waals surface area contributed by atoms with E-state index >= 15 is 0 Å². The standard InChI is InChI=1S/C17H15FN4OS/c1-22-13-6-7-14-16(11(13)9-19-22)21-17(24-14)20-15(23)8-10-4-2-3-5-12(10)18/h2-5,9H,6-8H2,1H3,(H,20,21,23). The van der Waals surface area contributed by atoms with Crippen molar-refractivity contribution < 1.29 is 9.18 Å². The third kappa shape index (κ3) is 2.60. The maximum Gasteiger partial charge on any atom is 0.230 e. The van der Waals surface area contributed by atoms with E-state index in [2.05, 4.69) is 15.4 Å². The predicted octanol–water partition coefficient (Wildman–Crippen LogP) is 2.96. The van der Waals surface area contributed by atoms with E-state index in [1.807, 2.05) is 17.9 Å². The van der Waals surface area contributed by atoms with Crippen molar-refractivity contribution in [3.05, 3.63) is 52.4 Å². The molecule has 3 aromatic rings. The number of amides is 1. The summed E-state index contributed by atoms with van der Waals surface area (Å²) in [5, 5.41) is 7.63. The van der Waals surface area contributed by atoms with Crippen LogP contribution in [0.15, 0.2) is 30.5 Å². The molecule has 0 spiro atoms. The van der Waals surface area contributed by atoms with E-state index in [0.29, 0.717) is 10.7 Å². The van der Waals surface area contributed by atoms with Crippen molar-refractivity contribution in [3.63, 3.8) is 0 Å². The van der Waals surface area contributed by atoms with E-state index in [1.54, 1.807) is 18.2 Å². The summed E-state index contributed by atoms with van der Waals surface area (Å²) in [6.45, 7) is 0. The van der Waals surface area contributed by atoms with Gasteiger partial charge in [0.05, 0.1) is 18.3 Å². The Morgan fingerprint density at radius 2 is 2.21 bits per heavy atom.